The standard InChI is InChI=1S/C28H22ClN3O3/c1-35-19-7-3-5-16(12-19)21-14-23-20-9-8-17(27(30)33)13-24(20)32-26(23)25(28(31)34)22(21)11-15-4-2-6-18(29)10-15/h2-10,12-14,32H,11H2,1H3,(H2,30,33)(H2,31,34). The minimum Gasteiger partial charge on any atom is -0.497 e. The van der Waals surface area contributed by atoms with Gasteiger partial charge < -0.3 is 21.2 Å². The molecule has 0 saturated carbocycles. The van der Waals surface area contributed by atoms with E-state index in [9.17, 15) is 9.59 Å². The van der Waals surface area contributed by atoms with Crippen LogP contribution in [0.2, 0.25) is 5.02 Å². The highest BCUT2D eigenvalue weighted by molar-refractivity contribution is 6.30. The number of methoxy groups -OCH3 is 1. The number of nitrogens with one attached hydrogen (secondary N) is 1. The van der Waals surface area contributed by atoms with Gasteiger partial charge in [-0.1, -0.05) is 41.9 Å². The number of hydrogen-bond donors (Lipinski definition) is 3. The Balaban J connectivity index is 1.87. The molecule has 35 heavy (non-hydrogen) atoms. The van der Waals surface area contributed by atoms with E-state index in [1.807, 2.05) is 54.6 Å². The van der Waals surface area contributed by atoms with E-state index in [4.69, 9.17) is 27.8 Å². The van der Waals surface area contributed by atoms with Gasteiger partial charge in [0.05, 0.1) is 18.2 Å². The predicted molar refractivity (Wildman–Crippen MR) is 139 cm³/mol. The number of H-pyrrole nitrogens is 1. The summed E-state index contributed by atoms with van der Waals surface area (Å²) in [6, 6.07) is 22.4. The maximum absolute atomic E-state index is 12.9. The number of primary amides is 2. The van der Waals surface area contributed by atoms with Crippen LogP contribution in [-0.2, 0) is 6.42 Å². The number of benzene rings is 4. The van der Waals surface area contributed by atoms with Crippen molar-refractivity contribution in [3.63, 3.8) is 0 Å². The number of carbonyl (C=O) groups excluding carboxylic acids is 2. The molecule has 0 bridgehead atoms. The number of fused-ring (bicyclic) bond motifs is 3. The van der Waals surface area contributed by atoms with Crippen LogP contribution >= 0.6 is 11.6 Å². The average molecular weight is 484 g/mol. The summed E-state index contributed by atoms with van der Waals surface area (Å²) in [6.45, 7) is 0. The van der Waals surface area contributed by atoms with Crippen molar-refractivity contribution in [3.8, 4) is 16.9 Å². The van der Waals surface area contributed by atoms with Crippen molar-refractivity contribution < 1.29 is 14.3 Å². The van der Waals surface area contributed by atoms with Crippen LogP contribution in [-0.4, -0.2) is 23.9 Å². The van der Waals surface area contributed by atoms with E-state index in [2.05, 4.69) is 4.98 Å². The van der Waals surface area contributed by atoms with Gasteiger partial charge in [0.15, 0.2) is 0 Å². The molecule has 0 radical (unpaired) electrons. The first kappa shape index (κ1) is 22.5. The molecule has 2 amide bonds. The van der Waals surface area contributed by atoms with E-state index in [0.29, 0.717) is 39.4 Å². The fourth-order valence-corrected chi connectivity index (χ4v) is 4.80. The largest absolute Gasteiger partial charge is 0.497 e. The Kier molecular flexibility index (Phi) is 5.67. The van der Waals surface area contributed by atoms with Crippen LogP contribution in [0.5, 0.6) is 5.75 Å². The van der Waals surface area contributed by atoms with Gasteiger partial charge in [0.1, 0.15) is 5.75 Å². The second-order valence-corrected chi connectivity index (χ2v) is 8.79. The van der Waals surface area contributed by atoms with Crippen molar-refractivity contribution in [2.24, 2.45) is 11.5 Å². The number of halogens is 1. The molecule has 0 fully saturated rings. The van der Waals surface area contributed by atoms with E-state index >= 15 is 0 Å². The van der Waals surface area contributed by atoms with Crippen LogP contribution in [0.3, 0.4) is 0 Å². The van der Waals surface area contributed by atoms with Gasteiger partial charge in [-0.05, 0) is 71.1 Å². The quantitative estimate of drug-likeness (QED) is 0.299. The number of hydrogen-bond acceptors (Lipinski definition) is 3. The Labute approximate surface area is 206 Å². The van der Waals surface area contributed by atoms with Gasteiger partial charge in [0, 0.05) is 26.9 Å². The highest BCUT2D eigenvalue weighted by Gasteiger charge is 2.22. The maximum atomic E-state index is 12.9. The van der Waals surface area contributed by atoms with Gasteiger partial charge in [0.25, 0.3) is 5.91 Å². The van der Waals surface area contributed by atoms with Crippen molar-refractivity contribution in [2.75, 3.05) is 7.11 Å². The number of amides is 2. The molecule has 1 heterocycles. The number of aromatic nitrogens is 1. The molecule has 0 spiro atoms. The number of nitrogens with two attached hydrogens (primary N) is 2. The van der Waals surface area contributed by atoms with E-state index in [1.165, 1.54) is 0 Å². The SMILES string of the molecule is COc1cccc(-c2cc3c([nH]c4cc(C(N)=O)ccc43)c(C(N)=O)c2Cc2cccc(Cl)c2)c1. The molecule has 4 aromatic carbocycles. The summed E-state index contributed by atoms with van der Waals surface area (Å²) >= 11 is 6.25. The predicted octanol–water partition coefficient (Wildman–Crippen LogP) is 5.44. The van der Waals surface area contributed by atoms with Gasteiger partial charge >= 0.3 is 0 Å². The molecule has 174 valence electrons. The van der Waals surface area contributed by atoms with Gasteiger partial charge in [-0.2, -0.15) is 0 Å². The van der Waals surface area contributed by atoms with Crippen molar-refractivity contribution in [3.05, 3.63) is 100 Å². The molecule has 0 saturated heterocycles. The number of carbonyl (C=O) groups is 2. The van der Waals surface area contributed by atoms with Gasteiger partial charge in [-0.3, -0.25) is 9.59 Å². The molecule has 5 aromatic rings. The number of ether oxygens (including phenoxy) is 1. The minimum absolute atomic E-state index is 0.372. The fraction of sp³-hybridized carbons (Fsp3) is 0.0714. The van der Waals surface area contributed by atoms with Crippen molar-refractivity contribution in [2.45, 2.75) is 6.42 Å². The first-order chi connectivity index (χ1) is 16.9. The first-order valence-electron chi connectivity index (χ1n) is 11.0. The van der Waals surface area contributed by atoms with Crippen LogP contribution in [0.1, 0.15) is 31.8 Å². The lowest BCUT2D eigenvalue weighted by atomic mass is 9.88. The second-order valence-electron chi connectivity index (χ2n) is 8.35. The summed E-state index contributed by atoms with van der Waals surface area (Å²) in [5.74, 6) is -0.389. The lowest BCUT2D eigenvalue weighted by Gasteiger charge is -2.16. The van der Waals surface area contributed by atoms with E-state index in [1.54, 1.807) is 25.3 Å². The molecule has 0 aliphatic heterocycles. The highest BCUT2D eigenvalue weighted by Crippen LogP contribution is 2.38. The van der Waals surface area contributed by atoms with Gasteiger partial charge in [0.2, 0.25) is 5.91 Å². The van der Waals surface area contributed by atoms with E-state index in [0.717, 1.165) is 33.0 Å². The van der Waals surface area contributed by atoms with Crippen molar-refractivity contribution in [1.29, 1.82) is 0 Å². The fourth-order valence-electron chi connectivity index (χ4n) is 4.59. The molecule has 0 unspecified atom stereocenters. The molecule has 0 aliphatic carbocycles. The van der Waals surface area contributed by atoms with Crippen LogP contribution in [0.25, 0.3) is 32.9 Å². The number of rotatable bonds is 6. The number of aromatic amines is 1. The lowest BCUT2D eigenvalue weighted by Crippen LogP contribution is -2.16. The maximum Gasteiger partial charge on any atom is 0.251 e. The second kappa shape index (κ2) is 8.81. The van der Waals surface area contributed by atoms with Crippen LogP contribution in [0, 0.1) is 0 Å². The summed E-state index contributed by atoms with van der Waals surface area (Å²) in [7, 11) is 1.61. The summed E-state index contributed by atoms with van der Waals surface area (Å²) in [5, 5.41) is 2.28. The molecular weight excluding hydrogens is 462 g/mol. The molecule has 1 aromatic heterocycles. The highest BCUT2D eigenvalue weighted by atomic mass is 35.5. The third-order valence-electron chi connectivity index (χ3n) is 6.19. The monoisotopic (exact) mass is 483 g/mol. The Hall–Kier alpha value is -4.29. The van der Waals surface area contributed by atoms with Crippen LogP contribution < -0.4 is 16.2 Å². The van der Waals surface area contributed by atoms with Crippen molar-refractivity contribution >= 4 is 45.2 Å². The smallest absolute Gasteiger partial charge is 0.251 e. The van der Waals surface area contributed by atoms with E-state index < -0.39 is 11.8 Å². The first-order valence-corrected chi connectivity index (χ1v) is 11.3. The summed E-state index contributed by atoms with van der Waals surface area (Å²) < 4.78 is 5.45. The summed E-state index contributed by atoms with van der Waals surface area (Å²) in [5.41, 5.74) is 17.0. The molecule has 0 atom stereocenters. The van der Waals surface area contributed by atoms with Crippen LogP contribution in [0.4, 0.5) is 0 Å². The summed E-state index contributed by atoms with van der Waals surface area (Å²) in [4.78, 5) is 28.0. The Morgan fingerprint density at radius 3 is 2.43 bits per heavy atom. The molecular formula is C28H22ClN3O3. The molecule has 5 rings (SSSR count). The average Bonchev–Trinajstić information content (AvgIpc) is 3.20. The van der Waals surface area contributed by atoms with Crippen LogP contribution in [0.15, 0.2) is 72.8 Å². The van der Waals surface area contributed by atoms with Gasteiger partial charge in [-0.15, -0.1) is 0 Å². The minimum atomic E-state index is -0.557. The normalized spacial score (nSPS) is 11.1. The Morgan fingerprint density at radius 1 is 0.914 bits per heavy atom. The molecule has 0 aliphatic rings. The van der Waals surface area contributed by atoms with Crippen molar-refractivity contribution in [1.82, 2.24) is 4.98 Å². The topological polar surface area (TPSA) is 111 Å². The summed E-state index contributed by atoms with van der Waals surface area (Å²) in [6.07, 6.45) is 0.434. The third kappa shape index (κ3) is 4.09. The zero-order valence-electron chi connectivity index (χ0n) is 18.9. The third-order valence-corrected chi connectivity index (χ3v) is 6.42. The zero-order valence-corrected chi connectivity index (χ0v) is 19.6. The molecule has 7 heteroatoms. The molecule has 6 nitrogen and oxygen atoms in total. The van der Waals surface area contributed by atoms with Gasteiger partial charge in [-0.25, -0.2) is 0 Å². The molecule has 5 N–H and O–H groups in total. The Bertz CT molecular complexity index is 1640. The van der Waals surface area contributed by atoms with E-state index in [-0.39, 0.29) is 0 Å². The lowest BCUT2D eigenvalue weighted by molar-refractivity contribution is 0.0992. The zero-order chi connectivity index (χ0) is 24.7. The Morgan fingerprint density at radius 2 is 1.71 bits per heavy atom.